The van der Waals surface area contributed by atoms with Crippen LogP contribution in [0.5, 0.6) is 0 Å². The van der Waals surface area contributed by atoms with Crippen molar-refractivity contribution in [2.45, 2.75) is 0 Å². The molecule has 3 nitrogen and oxygen atoms in total. The van der Waals surface area contributed by atoms with Gasteiger partial charge in [-0.2, -0.15) is 0 Å². The predicted octanol–water partition coefficient (Wildman–Crippen LogP) is 5.02. The summed E-state index contributed by atoms with van der Waals surface area (Å²) >= 11 is 6.12. The molecule has 0 fully saturated rings. The van der Waals surface area contributed by atoms with E-state index in [2.05, 4.69) is 4.98 Å². The van der Waals surface area contributed by atoms with Crippen molar-refractivity contribution < 1.29 is 8.81 Å². The van der Waals surface area contributed by atoms with Gasteiger partial charge in [0.2, 0.25) is 0 Å². The van der Waals surface area contributed by atoms with Gasteiger partial charge in [-0.3, -0.25) is 0 Å². The number of fused-ring (bicyclic) bond motifs is 2. The molecule has 2 aromatic carbocycles. The first kappa shape index (κ1) is 13.1. The van der Waals surface area contributed by atoms with Gasteiger partial charge in [-0.15, -0.1) is 0 Å². The smallest absolute Gasteiger partial charge is 0.137 e. The van der Waals surface area contributed by atoms with Crippen molar-refractivity contribution in [1.29, 1.82) is 0 Å². The number of benzene rings is 2. The van der Waals surface area contributed by atoms with E-state index in [0.29, 0.717) is 22.1 Å². The van der Waals surface area contributed by atoms with E-state index in [1.54, 1.807) is 6.20 Å². The molecule has 2 heterocycles. The lowest BCUT2D eigenvalue weighted by Crippen LogP contribution is -1.94. The lowest BCUT2D eigenvalue weighted by Gasteiger charge is -2.08. The van der Waals surface area contributed by atoms with Crippen molar-refractivity contribution in [3.05, 3.63) is 59.5 Å². The van der Waals surface area contributed by atoms with Gasteiger partial charge < -0.3 is 10.2 Å². The maximum atomic E-state index is 13.8. The minimum Gasteiger partial charge on any atom is -0.456 e. The molecule has 2 N–H and O–H groups in total. The Bertz CT molecular complexity index is 993. The van der Waals surface area contributed by atoms with E-state index in [1.807, 2.05) is 30.3 Å². The molecule has 22 heavy (non-hydrogen) atoms. The molecular weight excluding hydrogens is 303 g/mol. The maximum absolute atomic E-state index is 13.8. The molecule has 4 aromatic rings. The van der Waals surface area contributed by atoms with Gasteiger partial charge in [-0.25, -0.2) is 9.37 Å². The molecule has 0 saturated heterocycles. The molecule has 0 spiro atoms. The number of furan rings is 1. The van der Waals surface area contributed by atoms with Gasteiger partial charge in [0.25, 0.3) is 0 Å². The standard InChI is InChI=1S/C17H10ClFN2O/c18-13-7-10(19)6-11-12(8-21-17(20)16(11)13)15-5-9-3-1-2-4-14(9)22-15/h1-8H,(H2,20,21). The zero-order valence-electron chi connectivity index (χ0n) is 11.3. The molecule has 108 valence electrons. The summed E-state index contributed by atoms with van der Waals surface area (Å²) in [4.78, 5) is 4.16. The van der Waals surface area contributed by atoms with E-state index in [1.165, 1.54) is 12.1 Å². The van der Waals surface area contributed by atoms with E-state index >= 15 is 0 Å². The van der Waals surface area contributed by atoms with Crippen molar-refractivity contribution in [3.8, 4) is 11.3 Å². The molecule has 2 aromatic heterocycles. The Hall–Kier alpha value is -2.59. The second-order valence-corrected chi connectivity index (χ2v) is 5.42. The topological polar surface area (TPSA) is 52.0 Å². The zero-order chi connectivity index (χ0) is 15.3. The number of halogens is 2. The molecule has 0 radical (unpaired) electrons. The third kappa shape index (κ3) is 1.92. The number of nitrogens with zero attached hydrogens (tertiary/aromatic N) is 1. The van der Waals surface area contributed by atoms with Crippen molar-refractivity contribution in [1.82, 2.24) is 4.98 Å². The highest BCUT2D eigenvalue weighted by atomic mass is 35.5. The molecule has 4 rings (SSSR count). The summed E-state index contributed by atoms with van der Waals surface area (Å²) in [5, 5.41) is 2.31. The van der Waals surface area contributed by atoms with Crippen molar-refractivity contribution in [3.63, 3.8) is 0 Å². The minimum atomic E-state index is -0.430. The van der Waals surface area contributed by atoms with E-state index in [0.717, 1.165) is 11.0 Å². The van der Waals surface area contributed by atoms with Crippen LogP contribution in [-0.2, 0) is 0 Å². The first-order valence-electron chi connectivity index (χ1n) is 6.65. The summed E-state index contributed by atoms with van der Waals surface area (Å²) in [6.07, 6.45) is 1.57. The molecule has 0 aliphatic heterocycles. The van der Waals surface area contributed by atoms with E-state index in [-0.39, 0.29) is 10.8 Å². The second-order valence-electron chi connectivity index (χ2n) is 5.02. The molecule has 0 bridgehead atoms. The van der Waals surface area contributed by atoms with E-state index in [9.17, 15) is 4.39 Å². The first-order chi connectivity index (χ1) is 10.6. The highest BCUT2D eigenvalue weighted by molar-refractivity contribution is 6.37. The van der Waals surface area contributed by atoms with Gasteiger partial charge in [0, 0.05) is 27.9 Å². The van der Waals surface area contributed by atoms with Crippen LogP contribution in [0.3, 0.4) is 0 Å². The lowest BCUT2D eigenvalue weighted by molar-refractivity contribution is 0.628. The third-order valence-corrected chi connectivity index (χ3v) is 3.92. The highest BCUT2D eigenvalue weighted by Gasteiger charge is 2.15. The average molecular weight is 313 g/mol. The summed E-state index contributed by atoms with van der Waals surface area (Å²) in [5.41, 5.74) is 7.29. The fourth-order valence-corrected chi connectivity index (χ4v) is 2.93. The Labute approximate surface area is 130 Å². The van der Waals surface area contributed by atoms with Gasteiger partial charge in [-0.1, -0.05) is 29.8 Å². The number of anilines is 1. The molecule has 0 amide bonds. The number of hydrogen-bond acceptors (Lipinski definition) is 3. The van der Waals surface area contributed by atoms with Gasteiger partial charge >= 0.3 is 0 Å². The molecule has 0 aliphatic rings. The molecule has 5 heteroatoms. The predicted molar refractivity (Wildman–Crippen MR) is 86.3 cm³/mol. The molecular formula is C17H10ClFN2O. The van der Waals surface area contributed by atoms with Crippen LogP contribution >= 0.6 is 11.6 Å². The van der Waals surface area contributed by atoms with Gasteiger partial charge in [0.1, 0.15) is 23.0 Å². The number of hydrogen-bond donors (Lipinski definition) is 1. The van der Waals surface area contributed by atoms with E-state index < -0.39 is 5.82 Å². The number of nitrogens with two attached hydrogens (primary N) is 1. The van der Waals surface area contributed by atoms with Crippen LogP contribution in [0, 0.1) is 5.82 Å². The SMILES string of the molecule is Nc1ncc(-c2cc3ccccc3o2)c2cc(F)cc(Cl)c12. The third-order valence-electron chi connectivity index (χ3n) is 3.63. The van der Waals surface area contributed by atoms with Crippen molar-refractivity contribution >= 4 is 39.2 Å². The van der Waals surface area contributed by atoms with Crippen LogP contribution in [0.15, 0.2) is 53.1 Å². The Morgan fingerprint density at radius 2 is 1.95 bits per heavy atom. The second kappa shape index (κ2) is 4.71. The quantitative estimate of drug-likeness (QED) is 0.536. The van der Waals surface area contributed by atoms with Crippen LogP contribution in [0.2, 0.25) is 5.02 Å². The summed E-state index contributed by atoms with van der Waals surface area (Å²) in [6, 6.07) is 12.2. The van der Waals surface area contributed by atoms with Crippen LogP contribution in [0.4, 0.5) is 10.2 Å². The minimum absolute atomic E-state index is 0.234. The number of pyridine rings is 1. The van der Waals surface area contributed by atoms with Crippen LogP contribution in [0.1, 0.15) is 0 Å². The molecule has 0 unspecified atom stereocenters. The van der Waals surface area contributed by atoms with Gasteiger partial charge in [0.05, 0.1) is 5.02 Å². The fourth-order valence-electron chi connectivity index (χ4n) is 2.63. The van der Waals surface area contributed by atoms with Crippen LogP contribution in [-0.4, -0.2) is 4.98 Å². The van der Waals surface area contributed by atoms with Gasteiger partial charge in [-0.05, 0) is 24.3 Å². The Morgan fingerprint density at radius 1 is 1.14 bits per heavy atom. The number of nitrogen functional groups attached to an aromatic ring is 1. The maximum Gasteiger partial charge on any atom is 0.137 e. The van der Waals surface area contributed by atoms with Crippen molar-refractivity contribution in [2.24, 2.45) is 0 Å². The normalized spacial score (nSPS) is 11.4. The Balaban J connectivity index is 2.08. The average Bonchev–Trinajstić information content (AvgIpc) is 2.90. The summed E-state index contributed by atoms with van der Waals surface area (Å²) in [7, 11) is 0. The molecule has 0 aliphatic carbocycles. The number of aromatic nitrogens is 1. The van der Waals surface area contributed by atoms with Gasteiger partial charge in [0.15, 0.2) is 0 Å². The number of rotatable bonds is 1. The summed E-state index contributed by atoms with van der Waals surface area (Å²) in [6.45, 7) is 0. The Kier molecular flexibility index (Phi) is 2.81. The first-order valence-corrected chi connectivity index (χ1v) is 7.03. The van der Waals surface area contributed by atoms with Crippen molar-refractivity contribution in [2.75, 3.05) is 5.73 Å². The summed E-state index contributed by atoms with van der Waals surface area (Å²) in [5.74, 6) is 0.431. The van der Waals surface area contributed by atoms with Crippen LogP contribution < -0.4 is 5.73 Å². The van der Waals surface area contributed by atoms with Crippen LogP contribution in [0.25, 0.3) is 33.1 Å². The lowest BCUT2D eigenvalue weighted by atomic mass is 10.0. The highest BCUT2D eigenvalue weighted by Crippen LogP contribution is 2.37. The molecule has 0 atom stereocenters. The largest absolute Gasteiger partial charge is 0.456 e. The number of para-hydroxylation sites is 1. The summed E-state index contributed by atoms with van der Waals surface area (Å²) < 4.78 is 19.6. The Morgan fingerprint density at radius 3 is 2.77 bits per heavy atom. The molecule has 0 saturated carbocycles. The monoisotopic (exact) mass is 312 g/mol. The fraction of sp³-hybridized carbons (Fsp3) is 0. The zero-order valence-corrected chi connectivity index (χ0v) is 12.1. The van der Waals surface area contributed by atoms with E-state index in [4.69, 9.17) is 21.8 Å².